The second kappa shape index (κ2) is 4.53. The van der Waals surface area contributed by atoms with Crippen molar-refractivity contribution in [3.05, 3.63) is 23.5 Å². The predicted molar refractivity (Wildman–Crippen MR) is 67.8 cm³/mol. The van der Waals surface area contributed by atoms with Crippen LogP contribution in [-0.4, -0.2) is 34.5 Å². The van der Waals surface area contributed by atoms with Gasteiger partial charge in [0.05, 0.1) is 0 Å². The molecule has 2 N–H and O–H groups in total. The lowest BCUT2D eigenvalue weighted by molar-refractivity contribution is 0.0733. The van der Waals surface area contributed by atoms with Gasteiger partial charge in [0.2, 0.25) is 0 Å². The molecule has 1 saturated heterocycles. The summed E-state index contributed by atoms with van der Waals surface area (Å²) >= 11 is 0. The second-order valence-electron chi connectivity index (χ2n) is 5.06. The SMILES string of the molecule is Cc1ccc(C(=O)N2CC(CN)CC2C)n1C. The summed E-state index contributed by atoms with van der Waals surface area (Å²) in [5.74, 6) is 0.583. The van der Waals surface area contributed by atoms with Crippen LogP contribution in [0.3, 0.4) is 0 Å². The minimum atomic E-state index is 0.129. The van der Waals surface area contributed by atoms with E-state index in [0.717, 1.165) is 24.4 Å². The van der Waals surface area contributed by atoms with E-state index in [9.17, 15) is 4.79 Å². The van der Waals surface area contributed by atoms with E-state index in [0.29, 0.717) is 18.5 Å². The van der Waals surface area contributed by atoms with E-state index in [1.807, 2.05) is 35.6 Å². The molecule has 1 amide bonds. The van der Waals surface area contributed by atoms with Crippen molar-refractivity contribution >= 4 is 5.91 Å². The number of nitrogens with zero attached hydrogens (tertiary/aromatic N) is 2. The van der Waals surface area contributed by atoms with Crippen molar-refractivity contribution in [2.75, 3.05) is 13.1 Å². The number of rotatable bonds is 2. The Balaban J connectivity index is 2.18. The molecule has 2 atom stereocenters. The summed E-state index contributed by atoms with van der Waals surface area (Å²) in [7, 11) is 1.93. The first kappa shape index (κ1) is 12.2. The summed E-state index contributed by atoms with van der Waals surface area (Å²) in [6, 6.07) is 4.18. The third-order valence-electron chi connectivity index (χ3n) is 3.85. The minimum Gasteiger partial charge on any atom is -0.344 e. The Morgan fingerprint density at radius 2 is 2.24 bits per heavy atom. The van der Waals surface area contributed by atoms with Gasteiger partial charge in [-0.15, -0.1) is 0 Å². The molecular weight excluding hydrogens is 214 g/mol. The standard InChI is InChI=1S/C13H21N3O/c1-9-4-5-12(15(9)3)13(17)16-8-11(7-14)6-10(16)2/h4-5,10-11H,6-8,14H2,1-3H3. The molecule has 1 aromatic rings. The van der Waals surface area contributed by atoms with Gasteiger partial charge in [0.15, 0.2) is 0 Å². The van der Waals surface area contributed by atoms with Crippen molar-refractivity contribution in [1.82, 2.24) is 9.47 Å². The highest BCUT2D eigenvalue weighted by Crippen LogP contribution is 2.24. The van der Waals surface area contributed by atoms with E-state index in [2.05, 4.69) is 6.92 Å². The molecule has 2 unspecified atom stereocenters. The Bertz CT molecular complexity index is 424. The maximum absolute atomic E-state index is 12.4. The fourth-order valence-electron chi connectivity index (χ4n) is 2.57. The van der Waals surface area contributed by atoms with Crippen LogP contribution in [0.5, 0.6) is 0 Å². The lowest BCUT2D eigenvalue weighted by Crippen LogP contribution is -2.35. The maximum Gasteiger partial charge on any atom is 0.270 e. The zero-order valence-electron chi connectivity index (χ0n) is 10.8. The van der Waals surface area contributed by atoms with Crippen LogP contribution in [0.25, 0.3) is 0 Å². The zero-order valence-corrected chi connectivity index (χ0v) is 10.8. The zero-order chi connectivity index (χ0) is 12.6. The number of amides is 1. The van der Waals surface area contributed by atoms with Gasteiger partial charge in [0.25, 0.3) is 5.91 Å². The van der Waals surface area contributed by atoms with Crippen molar-refractivity contribution < 1.29 is 4.79 Å². The Labute approximate surface area is 102 Å². The van der Waals surface area contributed by atoms with E-state index in [1.54, 1.807) is 0 Å². The molecule has 0 radical (unpaired) electrons. The lowest BCUT2D eigenvalue weighted by atomic mass is 10.1. The smallest absolute Gasteiger partial charge is 0.270 e. The fraction of sp³-hybridized carbons (Fsp3) is 0.615. The highest BCUT2D eigenvalue weighted by Gasteiger charge is 2.32. The van der Waals surface area contributed by atoms with Crippen LogP contribution in [0.1, 0.15) is 29.5 Å². The topological polar surface area (TPSA) is 51.3 Å². The van der Waals surface area contributed by atoms with Gasteiger partial charge in [0.1, 0.15) is 5.69 Å². The van der Waals surface area contributed by atoms with E-state index < -0.39 is 0 Å². The van der Waals surface area contributed by atoms with Crippen LogP contribution in [0, 0.1) is 12.8 Å². The van der Waals surface area contributed by atoms with Gasteiger partial charge in [0, 0.05) is 25.3 Å². The number of likely N-dealkylation sites (tertiary alicyclic amines) is 1. The summed E-state index contributed by atoms with van der Waals surface area (Å²) in [5.41, 5.74) is 7.57. The number of nitrogens with two attached hydrogens (primary N) is 1. The van der Waals surface area contributed by atoms with Crippen molar-refractivity contribution in [2.24, 2.45) is 18.7 Å². The number of aryl methyl sites for hydroxylation is 1. The molecule has 1 aliphatic heterocycles. The molecule has 1 aliphatic rings. The van der Waals surface area contributed by atoms with Gasteiger partial charge in [-0.25, -0.2) is 0 Å². The quantitative estimate of drug-likeness (QED) is 0.836. The van der Waals surface area contributed by atoms with E-state index in [1.165, 1.54) is 0 Å². The lowest BCUT2D eigenvalue weighted by Gasteiger charge is -2.21. The summed E-state index contributed by atoms with van der Waals surface area (Å²) in [6.07, 6.45) is 1.02. The normalized spacial score (nSPS) is 24.4. The maximum atomic E-state index is 12.4. The van der Waals surface area contributed by atoms with Crippen molar-refractivity contribution in [3.63, 3.8) is 0 Å². The van der Waals surface area contributed by atoms with Crippen LogP contribution in [0.2, 0.25) is 0 Å². The molecule has 0 aromatic carbocycles. The number of hydrogen-bond acceptors (Lipinski definition) is 2. The fourth-order valence-corrected chi connectivity index (χ4v) is 2.57. The average Bonchev–Trinajstić information content (AvgIpc) is 2.83. The number of aromatic nitrogens is 1. The van der Waals surface area contributed by atoms with Gasteiger partial charge in [-0.2, -0.15) is 0 Å². The number of carbonyl (C=O) groups is 1. The van der Waals surface area contributed by atoms with E-state index >= 15 is 0 Å². The molecule has 0 aliphatic carbocycles. The minimum absolute atomic E-state index is 0.129. The Morgan fingerprint density at radius 3 is 2.71 bits per heavy atom. The van der Waals surface area contributed by atoms with Crippen LogP contribution in [-0.2, 0) is 7.05 Å². The molecule has 4 nitrogen and oxygen atoms in total. The third-order valence-corrected chi connectivity index (χ3v) is 3.85. The van der Waals surface area contributed by atoms with Crippen molar-refractivity contribution in [3.8, 4) is 0 Å². The molecule has 17 heavy (non-hydrogen) atoms. The molecule has 1 fully saturated rings. The van der Waals surface area contributed by atoms with Gasteiger partial charge >= 0.3 is 0 Å². The van der Waals surface area contributed by atoms with E-state index in [4.69, 9.17) is 5.73 Å². The first-order valence-electron chi connectivity index (χ1n) is 6.18. The van der Waals surface area contributed by atoms with Gasteiger partial charge in [-0.1, -0.05) is 0 Å². The molecule has 2 rings (SSSR count). The van der Waals surface area contributed by atoms with Gasteiger partial charge in [-0.05, 0) is 44.9 Å². The molecule has 4 heteroatoms. The third kappa shape index (κ3) is 2.09. The monoisotopic (exact) mass is 235 g/mol. The van der Waals surface area contributed by atoms with Crippen LogP contribution < -0.4 is 5.73 Å². The Kier molecular flexibility index (Phi) is 3.24. The first-order chi connectivity index (χ1) is 8.04. The number of carbonyl (C=O) groups excluding carboxylic acids is 1. The summed E-state index contributed by atoms with van der Waals surface area (Å²) < 4.78 is 1.95. The highest BCUT2D eigenvalue weighted by molar-refractivity contribution is 5.93. The van der Waals surface area contributed by atoms with Gasteiger partial charge < -0.3 is 15.2 Å². The number of hydrogen-bond donors (Lipinski definition) is 1. The largest absolute Gasteiger partial charge is 0.344 e. The summed E-state index contributed by atoms with van der Waals surface area (Å²) in [4.78, 5) is 14.4. The van der Waals surface area contributed by atoms with Gasteiger partial charge in [-0.3, -0.25) is 4.79 Å². The molecule has 1 aromatic heterocycles. The summed E-state index contributed by atoms with van der Waals surface area (Å²) in [6.45, 7) is 5.57. The molecule has 2 heterocycles. The highest BCUT2D eigenvalue weighted by atomic mass is 16.2. The Hall–Kier alpha value is -1.29. The van der Waals surface area contributed by atoms with Crippen molar-refractivity contribution in [1.29, 1.82) is 0 Å². The Morgan fingerprint density at radius 1 is 1.53 bits per heavy atom. The first-order valence-corrected chi connectivity index (χ1v) is 6.18. The predicted octanol–water partition coefficient (Wildman–Crippen LogP) is 1.14. The van der Waals surface area contributed by atoms with E-state index in [-0.39, 0.29) is 5.91 Å². The molecule has 94 valence electrons. The molecule has 0 saturated carbocycles. The van der Waals surface area contributed by atoms with Crippen LogP contribution >= 0.6 is 0 Å². The van der Waals surface area contributed by atoms with Crippen LogP contribution in [0.4, 0.5) is 0 Å². The van der Waals surface area contributed by atoms with Crippen molar-refractivity contribution in [2.45, 2.75) is 26.3 Å². The molecule has 0 spiro atoms. The molecule has 0 bridgehead atoms. The second-order valence-corrected chi connectivity index (χ2v) is 5.06. The van der Waals surface area contributed by atoms with Crippen LogP contribution in [0.15, 0.2) is 12.1 Å². The summed E-state index contributed by atoms with van der Waals surface area (Å²) in [5, 5.41) is 0. The average molecular weight is 235 g/mol. The molecular formula is C13H21N3O.